The lowest BCUT2D eigenvalue weighted by Crippen LogP contribution is -2.18. The molecule has 0 bridgehead atoms. The number of hydrogen-bond acceptors (Lipinski definition) is 16. The number of carbonyl (C=O) groups is 2. The Morgan fingerprint density at radius 2 is 1.08 bits per heavy atom. The molecule has 0 aromatic heterocycles. The summed E-state index contributed by atoms with van der Waals surface area (Å²) in [5.74, 6) is -8.05. The molecular weight excluding hydrogens is 364 g/mol. The molecule has 0 saturated heterocycles. The molecule has 1 rings (SSSR count). The summed E-state index contributed by atoms with van der Waals surface area (Å²) < 4.78 is 0. The molecule has 0 aliphatic rings. The fraction of sp³-hybridized carbons (Fsp3) is 0.111. The Bertz CT molecular complexity index is 625. The normalized spacial score (nSPS) is 10.0. The van der Waals surface area contributed by atoms with E-state index in [1.165, 1.54) is 0 Å². The van der Waals surface area contributed by atoms with Crippen LogP contribution >= 0.6 is 0 Å². The van der Waals surface area contributed by atoms with Gasteiger partial charge in [0.2, 0.25) is 11.5 Å². The average Bonchev–Trinajstić information content (AvgIpc) is 2.60. The van der Waals surface area contributed by atoms with Crippen molar-refractivity contribution in [1.29, 1.82) is 0 Å². The molecule has 0 atom stereocenters. The molecule has 0 heterocycles. The van der Waals surface area contributed by atoms with Gasteiger partial charge in [0.05, 0.1) is 7.11 Å². The molecule has 16 nitrogen and oxygen atoms in total. The molecule has 0 unspecified atom stereocenters. The number of hydrogen-bond donors (Lipinski definition) is 5. The summed E-state index contributed by atoms with van der Waals surface area (Å²) in [6.07, 6.45) is 0. The van der Waals surface area contributed by atoms with Gasteiger partial charge in [0, 0.05) is 0 Å². The summed E-state index contributed by atoms with van der Waals surface area (Å²) in [7, 11) is 0.892. The van der Waals surface area contributed by atoms with Crippen molar-refractivity contribution < 1.29 is 80.2 Å². The first kappa shape index (κ1) is 20.1. The molecule has 1 aromatic rings. The maximum absolute atomic E-state index is 11.9. The number of benzene rings is 1. The van der Waals surface area contributed by atoms with E-state index >= 15 is 0 Å². The minimum absolute atomic E-state index is 0.892. The van der Waals surface area contributed by atoms with Gasteiger partial charge in [0.25, 0.3) is 11.5 Å². The largest absolute Gasteiger partial charge is 0.381 e. The molecule has 25 heavy (non-hydrogen) atoms. The van der Waals surface area contributed by atoms with Crippen molar-refractivity contribution in [2.24, 2.45) is 0 Å². The second kappa shape index (κ2) is 9.36. The van der Waals surface area contributed by atoms with Crippen LogP contribution in [0.3, 0.4) is 0 Å². The molecule has 5 N–H and O–H groups in total. The maximum atomic E-state index is 11.9. The standard InChI is InChI=1S/C9H8O16/c1-17-21-5-3(9(11)23-25-16)2(8(10)22-24-15)4(18-12)6(19-13)7(5)20-14/h12-16H,1H3. The average molecular weight is 372 g/mol. The van der Waals surface area contributed by atoms with Crippen LogP contribution < -0.4 is 19.6 Å². The lowest BCUT2D eigenvalue weighted by atomic mass is 10.0. The van der Waals surface area contributed by atoms with E-state index in [1.807, 2.05) is 0 Å². The first-order chi connectivity index (χ1) is 12.0. The lowest BCUT2D eigenvalue weighted by Gasteiger charge is -2.16. The summed E-state index contributed by atoms with van der Waals surface area (Å²) in [5, 5.41) is 49.2. The van der Waals surface area contributed by atoms with Gasteiger partial charge in [-0.25, -0.2) is 35.9 Å². The predicted molar refractivity (Wildman–Crippen MR) is 62.1 cm³/mol. The predicted octanol–water partition coefficient (Wildman–Crippen LogP) is 0.305. The Labute approximate surface area is 134 Å². The van der Waals surface area contributed by atoms with Gasteiger partial charge < -0.3 is 19.6 Å². The van der Waals surface area contributed by atoms with Gasteiger partial charge >= 0.3 is 11.9 Å². The number of carbonyl (C=O) groups excluding carboxylic acids is 2. The first-order valence-electron chi connectivity index (χ1n) is 5.45. The van der Waals surface area contributed by atoms with E-state index in [-0.39, 0.29) is 0 Å². The minimum atomic E-state index is -1.78. The smallest absolute Gasteiger partial charge is 0.335 e. The topological polar surface area (TPSA) is 218 Å². The monoisotopic (exact) mass is 372 g/mol. The Kier molecular flexibility index (Phi) is 7.52. The third-order valence-corrected chi connectivity index (χ3v) is 2.40. The Hall–Kier alpha value is -2.96. The van der Waals surface area contributed by atoms with Gasteiger partial charge in [-0.15, -0.1) is 0 Å². The van der Waals surface area contributed by atoms with Crippen LogP contribution in [0.5, 0.6) is 23.0 Å². The molecule has 16 heteroatoms. The minimum Gasteiger partial charge on any atom is -0.335 e. The molecule has 0 saturated carbocycles. The van der Waals surface area contributed by atoms with Crippen LogP contribution in [0.4, 0.5) is 0 Å². The Balaban J connectivity index is 3.93. The van der Waals surface area contributed by atoms with Crippen LogP contribution in [0.2, 0.25) is 0 Å². The van der Waals surface area contributed by atoms with Gasteiger partial charge in [-0.1, -0.05) is 0 Å². The van der Waals surface area contributed by atoms with Crippen molar-refractivity contribution in [1.82, 2.24) is 0 Å². The quantitative estimate of drug-likeness (QED) is 0.290. The fourth-order valence-corrected chi connectivity index (χ4v) is 1.62. The molecule has 0 aliphatic heterocycles. The highest BCUT2D eigenvalue weighted by Gasteiger charge is 2.40. The molecule has 0 fully saturated rings. The maximum Gasteiger partial charge on any atom is 0.381 e. The van der Waals surface area contributed by atoms with E-state index in [0.29, 0.717) is 0 Å². The number of rotatable bonds is 9. The SMILES string of the molecule is COOc1c(OO)c(OO)c(OO)c(C(=O)OOO)c1C(=O)OOO. The van der Waals surface area contributed by atoms with Crippen LogP contribution in [-0.4, -0.2) is 45.3 Å². The molecule has 0 amide bonds. The van der Waals surface area contributed by atoms with E-state index in [1.54, 1.807) is 0 Å². The van der Waals surface area contributed by atoms with E-state index in [9.17, 15) is 9.59 Å². The van der Waals surface area contributed by atoms with Gasteiger partial charge in [0.1, 0.15) is 11.1 Å². The fourth-order valence-electron chi connectivity index (χ4n) is 1.62. The third-order valence-electron chi connectivity index (χ3n) is 2.40. The van der Waals surface area contributed by atoms with E-state index in [4.69, 9.17) is 26.3 Å². The second-order valence-electron chi connectivity index (χ2n) is 3.48. The van der Waals surface area contributed by atoms with E-state index < -0.39 is 46.1 Å². The molecule has 0 radical (unpaired) electrons. The third kappa shape index (κ3) is 3.93. The van der Waals surface area contributed by atoms with Crippen LogP contribution in [0.25, 0.3) is 0 Å². The highest BCUT2D eigenvalue weighted by Crippen LogP contribution is 2.50. The summed E-state index contributed by atoms with van der Waals surface area (Å²) in [6.45, 7) is 0. The first-order valence-corrected chi connectivity index (χ1v) is 5.45. The molecule has 140 valence electrons. The Morgan fingerprint density at radius 1 is 0.680 bits per heavy atom. The van der Waals surface area contributed by atoms with Crippen molar-refractivity contribution >= 4 is 11.9 Å². The zero-order chi connectivity index (χ0) is 19.0. The van der Waals surface area contributed by atoms with Crippen LogP contribution in [0.15, 0.2) is 0 Å². The van der Waals surface area contributed by atoms with Crippen molar-refractivity contribution in [3.63, 3.8) is 0 Å². The van der Waals surface area contributed by atoms with Gasteiger partial charge in [-0.2, -0.15) is 4.89 Å². The summed E-state index contributed by atoms with van der Waals surface area (Å²) in [5.41, 5.74) is -2.37. The summed E-state index contributed by atoms with van der Waals surface area (Å²) >= 11 is 0. The van der Waals surface area contributed by atoms with Crippen LogP contribution in [0, 0.1) is 0 Å². The molecule has 1 aromatic carbocycles. The van der Waals surface area contributed by atoms with E-state index in [0.717, 1.165) is 7.11 Å². The zero-order valence-electron chi connectivity index (χ0n) is 11.7. The molecule has 0 spiro atoms. The van der Waals surface area contributed by atoms with Gasteiger partial charge in [-0.05, 0) is 10.1 Å². The summed E-state index contributed by atoms with van der Waals surface area (Å²) in [4.78, 5) is 51.2. The van der Waals surface area contributed by atoms with Crippen molar-refractivity contribution in [3.8, 4) is 23.0 Å². The zero-order valence-corrected chi connectivity index (χ0v) is 11.7. The molecule has 0 aliphatic carbocycles. The van der Waals surface area contributed by atoms with Gasteiger partial charge in [-0.3, -0.25) is 9.78 Å². The van der Waals surface area contributed by atoms with Crippen molar-refractivity contribution in [2.75, 3.05) is 7.11 Å². The van der Waals surface area contributed by atoms with Crippen LogP contribution in [0.1, 0.15) is 20.7 Å². The van der Waals surface area contributed by atoms with Crippen LogP contribution in [-0.2, 0) is 24.7 Å². The highest BCUT2D eigenvalue weighted by atomic mass is 17.5. The Morgan fingerprint density at radius 3 is 1.44 bits per heavy atom. The second-order valence-corrected chi connectivity index (χ2v) is 3.48. The van der Waals surface area contributed by atoms with Gasteiger partial charge in [0.15, 0.2) is 0 Å². The van der Waals surface area contributed by atoms with E-state index in [2.05, 4.69) is 44.3 Å². The summed E-state index contributed by atoms with van der Waals surface area (Å²) in [6, 6.07) is 0. The van der Waals surface area contributed by atoms with Crippen molar-refractivity contribution in [2.45, 2.75) is 0 Å². The highest BCUT2D eigenvalue weighted by molar-refractivity contribution is 6.08. The lowest BCUT2D eigenvalue weighted by molar-refractivity contribution is -0.456. The molecular formula is C9H8O16. The van der Waals surface area contributed by atoms with Crippen molar-refractivity contribution in [3.05, 3.63) is 11.1 Å².